The number of hydrogen-bond acceptors (Lipinski definition) is 4. The van der Waals surface area contributed by atoms with Crippen LogP contribution in [0.1, 0.15) is 34.2 Å². The second kappa shape index (κ2) is 8.59. The summed E-state index contributed by atoms with van der Waals surface area (Å²) in [5.74, 6) is -0.603. The number of hydrogen-bond donors (Lipinski definition) is 1. The smallest absolute Gasteiger partial charge is 0.330 e. The first-order chi connectivity index (χ1) is 14.9. The van der Waals surface area contributed by atoms with Gasteiger partial charge in [-0.3, -0.25) is 14.2 Å². The van der Waals surface area contributed by atoms with Gasteiger partial charge in [0.2, 0.25) is 11.7 Å². The summed E-state index contributed by atoms with van der Waals surface area (Å²) in [7, 11) is 0. The molecule has 0 bridgehead atoms. The van der Waals surface area contributed by atoms with Gasteiger partial charge in [-0.05, 0) is 36.6 Å². The number of fused-ring (bicyclic) bond motifs is 1. The van der Waals surface area contributed by atoms with Crippen LogP contribution in [0.25, 0.3) is 0 Å². The number of rotatable bonds is 6. The van der Waals surface area contributed by atoms with Gasteiger partial charge in [0, 0.05) is 25.3 Å². The predicted molar refractivity (Wildman–Crippen MR) is 117 cm³/mol. The summed E-state index contributed by atoms with van der Waals surface area (Å²) < 4.78 is 2.40. The fraction of sp³-hybridized carbons (Fsp3) is 0.304. The van der Waals surface area contributed by atoms with Gasteiger partial charge in [-0.15, -0.1) is 5.10 Å². The van der Waals surface area contributed by atoms with Gasteiger partial charge in [0.15, 0.2) is 0 Å². The van der Waals surface area contributed by atoms with Crippen molar-refractivity contribution in [3.8, 4) is 0 Å². The highest BCUT2D eigenvalue weighted by Gasteiger charge is 2.30. The number of nitrogens with zero attached hydrogens (tertiary/aromatic N) is 4. The van der Waals surface area contributed by atoms with E-state index < -0.39 is 5.69 Å². The number of nitrogens with one attached hydrogen (secondary N) is 1. The number of aromatic nitrogens is 3. The summed E-state index contributed by atoms with van der Waals surface area (Å²) in [5.41, 5.74) is 3.52. The molecule has 0 unspecified atom stereocenters. The molecular weight excluding hydrogens is 394 g/mol. The number of carbonyl (C=O) groups is 2. The van der Waals surface area contributed by atoms with Gasteiger partial charge >= 0.3 is 5.69 Å². The van der Waals surface area contributed by atoms with Gasteiger partial charge in [-0.25, -0.2) is 9.48 Å². The van der Waals surface area contributed by atoms with E-state index in [1.807, 2.05) is 55.5 Å². The monoisotopic (exact) mass is 419 g/mol. The lowest BCUT2D eigenvalue weighted by Gasteiger charge is -2.26. The Balaban J connectivity index is 1.46. The summed E-state index contributed by atoms with van der Waals surface area (Å²) in [6.07, 6.45) is 0.915. The van der Waals surface area contributed by atoms with Gasteiger partial charge in [-0.1, -0.05) is 48.9 Å². The maximum absolute atomic E-state index is 12.9. The van der Waals surface area contributed by atoms with E-state index in [-0.39, 0.29) is 24.2 Å². The normalized spacial score (nSPS) is 13.2. The quantitative estimate of drug-likeness (QED) is 0.663. The molecule has 0 spiro atoms. The third kappa shape index (κ3) is 4.42. The highest BCUT2D eigenvalue weighted by atomic mass is 16.2. The molecule has 4 rings (SSSR count). The fourth-order valence-corrected chi connectivity index (χ4v) is 3.71. The van der Waals surface area contributed by atoms with Crippen LogP contribution in [0.4, 0.5) is 5.69 Å². The van der Waals surface area contributed by atoms with Crippen LogP contribution in [0, 0.1) is 6.92 Å². The van der Waals surface area contributed by atoms with Crippen LogP contribution in [0.15, 0.2) is 53.3 Å². The average molecular weight is 419 g/mol. The molecule has 0 saturated heterocycles. The van der Waals surface area contributed by atoms with Crippen LogP contribution in [0.3, 0.4) is 0 Å². The summed E-state index contributed by atoms with van der Waals surface area (Å²) >= 11 is 0. The fourth-order valence-electron chi connectivity index (χ4n) is 3.71. The number of amides is 2. The lowest BCUT2D eigenvalue weighted by Crippen LogP contribution is -2.42. The lowest BCUT2D eigenvalue weighted by molar-refractivity contribution is -0.117. The predicted octanol–water partition coefficient (Wildman–Crippen LogP) is 2.21. The molecule has 160 valence electrons. The maximum atomic E-state index is 12.9. The summed E-state index contributed by atoms with van der Waals surface area (Å²) in [4.78, 5) is 39.6. The number of benzene rings is 2. The Kier molecular flexibility index (Phi) is 5.70. The minimum absolute atomic E-state index is 0.0731. The molecule has 3 aromatic rings. The minimum Gasteiger partial charge on any atom is -0.330 e. The SMILES string of the molecule is CCc1ccc(NC(=O)Cn2nc3n(c2=O)CCN(Cc2cccc(C)c2)C3=O)cc1. The Labute approximate surface area is 180 Å². The van der Waals surface area contributed by atoms with Gasteiger partial charge < -0.3 is 10.2 Å². The number of aryl methyl sites for hydroxylation is 2. The van der Waals surface area contributed by atoms with Crippen LogP contribution >= 0.6 is 0 Å². The zero-order valence-corrected chi connectivity index (χ0v) is 17.7. The molecule has 1 aliphatic rings. The molecule has 1 aliphatic heterocycles. The Morgan fingerprint density at radius 2 is 1.84 bits per heavy atom. The molecule has 1 aromatic heterocycles. The number of carbonyl (C=O) groups excluding carboxylic acids is 2. The van der Waals surface area contributed by atoms with Crippen molar-refractivity contribution in [2.75, 3.05) is 11.9 Å². The first-order valence-electron chi connectivity index (χ1n) is 10.4. The molecule has 0 fully saturated rings. The van der Waals surface area contributed by atoms with E-state index in [0.717, 1.165) is 22.2 Å². The second-order valence-corrected chi connectivity index (χ2v) is 7.73. The molecule has 0 atom stereocenters. The van der Waals surface area contributed by atoms with Crippen LogP contribution < -0.4 is 11.0 Å². The largest absolute Gasteiger partial charge is 0.346 e. The van der Waals surface area contributed by atoms with Crippen molar-refractivity contribution in [2.45, 2.75) is 39.9 Å². The minimum atomic E-state index is -0.449. The summed E-state index contributed by atoms with van der Waals surface area (Å²) in [5, 5.41) is 6.93. The first kappa shape index (κ1) is 20.6. The van der Waals surface area contributed by atoms with Crippen molar-refractivity contribution >= 4 is 17.5 Å². The topological polar surface area (TPSA) is 89.2 Å². The van der Waals surface area contributed by atoms with E-state index in [9.17, 15) is 14.4 Å². The maximum Gasteiger partial charge on any atom is 0.346 e. The molecule has 0 aliphatic carbocycles. The molecule has 8 nitrogen and oxygen atoms in total. The summed E-state index contributed by atoms with van der Waals surface area (Å²) in [6, 6.07) is 15.5. The Morgan fingerprint density at radius 1 is 1.06 bits per heavy atom. The van der Waals surface area contributed by atoms with Crippen molar-refractivity contribution in [3.63, 3.8) is 0 Å². The zero-order valence-electron chi connectivity index (χ0n) is 17.7. The van der Waals surface area contributed by atoms with Crippen LogP contribution in [0.2, 0.25) is 0 Å². The van der Waals surface area contributed by atoms with Crippen LogP contribution in [-0.2, 0) is 30.8 Å². The molecule has 0 saturated carbocycles. The van der Waals surface area contributed by atoms with E-state index >= 15 is 0 Å². The molecule has 2 heterocycles. The van der Waals surface area contributed by atoms with E-state index in [4.69, 9.17) is 0 Å². The van der Waals surface area contributed by atoms with Gasteiger partial charge in [0.25, 0.3) is 5.91 Å². The van der Waals surface area contributed by atoms with Crippen molar-refractivity contribution in [3.05, 3.63) is 81.5 Å². The highest BCUT2D eigenvalue weighted by molar-refractivity contribution is 5.92. The standard InChI is InChI=1S/C23H25N5O3/c1-3-17-7-9-19(10-8-17)24-20(29)15-28-23(31)27-12-11-26(22(30)21(27)25-28)14-18-6-4-5-16(2)13-18/h4-10,13H,3,11-12,14-15H2,1-2H3,(H,24,29). The third-order valence-corrected chi connectivity index (χ3v) is 5.39. The first-order valence-corrected chi connectivity index (χ1v) is 10.4. The van der Waals surface area contributed by atoms with Crippen molar-refractivity contribution in [1.29, 1.82) is 0 Å². The number of anilines is 1. The third-order valence-electron chi connectivity index (χ3n) is 5.39. The van der Waals surface area contributed by atoms with Crippen LogP contribution in [-0.4, -0.2) is 37.6 Å². The molecule has 2 amide bonds. The van der Waals surface area contributed by atoms with Crippen molar-refractivity contribution in [2.24, 2.45) is 0 Å². The summed E-state index contributed by atoms with van der Waals surface area (Å²) in [6.45, 7) is 5.04. The van der Waals surface area contributed by atoms with E-state index in [2.05, 4.69) is 17.3 Å². The zero-order chi connectivity index (χ0) is 22.0. The van der Waals surface area contributed by atoms with Gasteiger partial charge in [-0.2, -0.15) is 0 Å². The molecule has 1 N–H and O–H groups in total. The second-order valence-electron chi connectivity index (χ2n) is 7.73. The van der Waals surface area contributed by atoms with Gasteiger partial charge in [0.1, 0.15) is 6.54 Å². The molecule has 31 heavy (non-hydrogen) atoms. The van der Waals surface area contributed by atoms with E-state index in [1.165, 1.54) is 10.1 Å². The Hall–Kier alpha value is -3.68. The lowest BCUT2D eigenvalue weighted by atomic mass is 10.1. The molecule has 2 aromatic carbocycles. The Bertz CT molecular complexity index is 1180. The molecule has 8 heteroatoms. The molecule has 0 radical (unpaired) electrons. The van der Waals surface area contributed by atoms with E-state index in [0.29, 0.717) is 25.3 Å². The average Bonchev–Trinajstić information content (AvgIpc) is 3.07. The van der Waals surface area contributed by atoms with Crippen LogP contribution in [0.5, 0.6) is 0 Å². The van der Waals surface area contributed by atoms with Gasteiger partial charge in [0.05, 0.1) is 0 Å². The molecular formula is C23H25N5O3. The Morgan fingerprint density at radius 3 is 2.55 bits per heavy atom. The highest BCUT2D eigenvalue weighted by Crippen LogP contribution is 2.14. The van der Waals surface area contributed by atoms with E-state index in [1.54, 1.807) is 4.90 Å². The van der Waals surface area contributed by atoms with Crippen molar-refractivity contribution in [1.82, 2.24) is 19.2 Å². The van der Waals surface area contributed by atoms with Crippen molar-refractivity contribution < 1.29 is 9.59 Å².